The van der Waals surface area contributed by atoms with Gasteiger partial charge in [0.1, 0.15) is 24.7 Å². The lowest BCUT2D eigenvalue weighted by Gasteiger charge is -2.15. The normalized spacial score (nSPS) is 13.6. The second kappa shape index (κ2) is 7.61. The Morgan fingerprint density at radius 2 is 2.03 bits per heavy atom. The Morgan fingerprint density at radius 1 is 1.20 bits per heavy atom. The van der Waals surface area contributed by atoms with E-state index in [9.17, 15) is 4.79 Å². The van der Waals surface area contributed by atoms with Crippen LogP contribution in [0.25, 0.3) is 28.5 Å². The fraction of sp³-hybridized carbons (Fsp3) is 0.0870. The summed E-state index contributed by atoms with van der Waals surface area (Å²) in [6.45, 7) is 4.51. The lowest BCUT2D eigenvalue weighted by molar-refractivity contribution is 0.352. The van der Waals surface area contributed by atoms with Crippen LogP contribution in [0.5, 0.6) is 11.5 Å². The van der Waals surface area contributed by atoms with E-state index in [2.05, 4.69) is 16.7 Å². The number of aromatic nitrogens is 3. The van der Waals surface area contributed by atoms with Crippen molar-refractivity contribution in [1.29, 1.82) is 0 Å². The average molecular weight is 415 g/mol. The van der Waals surface area contributed by atoms with Gasteiger partial charge in [0.25, 0.3) is 5.56 Å². The molecule has 0 amide bonds. The van der Waals surface area contributed by atoms with Gasteiger partial charge in [0, 0.05) is 11.1 Å². The van der Waals surface area contributed by atoms with Gasteiger partial charge in [-0.05, 0) is 48.1 Å². The molecule has 3 heterocycles. The van der Waals surface area contributed by atoms with Crippen LogP contribution in [-0.4, -0.2) is 27.8 Å². The zero-order valence-corrected chi connectivity index (χ0v) is 16.8. The smallest absolute Gasteiger partial charge is 0.291 e. The molecule has 30 heavy (non-hydrogen) atoms. The maximum absolute atomic E-state index is 12.8. The number of fused-ring (bicyclic) bond motifs is 2. The first-order valence-electron chi connectivity index (χ1n) is 9.39. The summed E-state index contributed by atoms with van der Waals surface area (Å²) in [5.74, 6) is 2.10. The fourth-order valence-corrected chi connectivity index (χ4v) is 4.12. The topological polar surface area (TPSA) is 65.7 Å². The van der Waals surface area contributed by atoms with E-state index >= 15 is 0 Å². The molecule has 6 nitrogen and oxygen atoms in total. The SMILES string of the molecule is C=CCOc1ccc(-c2nc3s/c(=C\C4=Cc5ccccc5OC4)c(=O)n3n2)cc1. The van der Waals surface area contributed by atoms with Gasteiger partial charge >= 0.3 is 0 Å². The van der Waals surface area contributed by atoms with Crippen LogP contribution in [-0.2, 0) is 0 Å². The maximum atomic E-state index is 12.8. The van der Waals surface area contributed by atoms with Crippen LogP contribution in [0.15, 0.2) is 71.6 Å². The number of para-hydroxylation sites is 1. The molecule has 0 aliphatic carbocycles. The molecule has 2 aromatic carbocycles. The largest absolute Gasteiger partial charge is 0.490 e. The standard InChI is InChI=1S/C23H17N3O3S/c1-2-11-28-18-9-7-16(8-10-18)21-24-23-26(25-21)22(27)20(30-23)13-15-12-17-5-3-4-6-19(17)29-14-15/h2-10,12-13H,1,11,14H2/b20-13-. The lowest BCUT2D eigenvalue weighted by atomic mass is 10.1. The van der Waals surface area contributed by atoms with E-state index in [-0.39, 0.29) is 5.56 Å². The van der Waals surface area contributed by atoms with E-state index in [1.807, 2.05) is 60.7 Å². The van der Waals surface area contributed by atoms with Gasteiger partial charge in [-0.3, -0.25) is 4.79 Å². The number of thiazole rings is 1. The molecule has 1 aliphatic rings. The number of hydrogen-bond acceptors (Lipinski definition) is 6. The van der Waals surface area contributed by atoms with Crippen molar-refractivity contribution in [3.63, 3.8) is 0 Å². The van der Waals surface area contributed by atoms with Crippen LogP contribution in [0.4, 0.5) is 0 Å². The van der Waals surface area contributed by atoms with E-state index in [4.69, 9.17) is 9.47 Å². The number of ether oxygens (including phenoxy) is 2. The first kappa shape index (κ1) is 18.3. The molecular formula is C23H17N3O3S. The molecule has 0 saturated carbocycles. The van der Waals surface area contributed by atoms with Crippen LogP contribution in [0.3, 0.4) is 0 Å². The summed E-state index contributed by atoms with van der Waals surface area (Å²) in [4.78, 5) is 17.9. The third-order valence-corrected chi connectivity index (χ3v) is 5.59. The zero-order valence-electron chi connectivity index (χ0n) is 15.9. The third kappa shape index (κ3) is 3.40. The Hall–Kier alpha value is -3.71. The Labute approximate surface area is 176 Å². The van der Waals surface area contributed by atoms with Crippen LogP contribution in [0.1, 0.15) is 5.56 Å². The molecule has 1 aliphatic heterocycles. The fourth-order valence-electron chi connectivity index (χ4n) is 3.20. The summed E-state index contributed by atoms with van der Waals surface area (Å²) in [6.07, 6.45) is 5.58. The predicted molar refractivity (Wildman–Crippen MR) is 118 cm³/mol. The molecule has 0 unspecified atom stereocenters. The van der Waals surface area contributed by atoms with Crippen LogP contribution < -0.4 is 19.6 Å². The second-order valence-corrected chi connectivity index (χ2v) is 7.72. The quantitative estimate of drug-likeness (QED) is 0.468. The Morgan fingerprint density at radius 3 is 2.83 bits per heavy atom. The highest BCUT2D eigenvalue weighted by Crippen LogP contribution is 2.26. The monoisotopic (exact) mass is 415 g/mol. The molecule has 0 spiro atoms. The van der Waals surface area contributed by atoms with Gasteiger partial charge in [0.05, 0.1) is 4.53 Å². The molecule has 4 aromatic rings. The number of nitrogens with zero attached hydrogens (tertiary/aromatic N) is 3. The Bertz CT molecular complexity index is 1380. The molecule has 0 atom stereocenters. The summed E-state index contributed by atoms with van der Waals surface area (Å²) >= 11 is 1.32. The van der Waals surface area contributed by atoms with Gasteiger partial charge in [0.15, 0.2) is 5.82 Å². The van der Waals surface area contributed by atoms with E-state index in [1.54, 1.807) is 6.08 Å². The number of rotatable bonds is 5. The van der Waals surface area contributed by atoms with Gasteiger partial charge in [-0.15, -0.1) is 5.10 Å². The molecule has 148 valence electrons. The molecule has 7 heteroatoms. The van der Waals surface area contributed by atoms with Crippen molar-refractivity contribution >= 4 is 28.4 Å². The van der Waals surface area contributed by atoms with Crippen LogP contribution in [0.2, 0.25) is 0 Å². The Kier molecular flexibility index (Phi) is 4.65. The van der Waals surface area contributed by atoms with Crippen molar-refractivity contribution < 1.29 is 9.47 Å². The summed E-state index contributed by atoms with van der Waals surface area (Å²) in [5, 5.41) is 4.40. The van der Waals surface area contributed by atoms with Gasteiger partial charge in [0.2, 0.25) is 4.96 Å². The molecule has 5 rings (SSSR count). The molecule has 0 radical (unpaired) electrons. The van der Waals surface area contributed by atoms with E-state index in [0.717, 1.165) is 28.2 Å². The summed E-state index contributed by atoms with van der Waals surface area (Å²) < 4.78 is 13.2. The third-order valence-electron chi connectivity index (χ3n) is 4.63. The van der Waals surface area contributed by atoms with Crippen molar-refractivity contribution in [3.05, 3.63) is 87.2 Å². The van der Waals surface area contributed by atoms with Crippen LogP contribution >= 0.6 is 11.3 Å². The number of hydrogen-bond donors (Lipinski definition) is 0. The average Bonchev–Trinajstić information content (AvgIpc) is 3.32. The highest BCUT2D eigenvalue weighted by molar-refractivity contribution is 7.15. The van der Waals surface area contributed by atoms with E-state index in [1.165, 1.54) is 15.9 Å². The van der Waals surface area contributed by atoms with Gasteiger partial charge in [-0.2, -0.15) is 9.50 Å². The molecule has 2 aromatic heterocycles. The van der Waals surface area contributed by atoms with Gasteiger partial charge < -0.3 is 9.47 Å². The molecular weight excluding hydrogens is 398 g/mol. The van der Waals surface area contributed by atoms with Crippen LogP contribution in [0, 0.1) is 0 Å². The number of benzene rings is 2. The zero-order chi connectivity index (χ0) is 20.5. The van der Waals surface area contributed by atoms with Crippen molar-refractivity contribution in [2.75, 3.05) is 13.2 Å². The minimum Gasteiger partial charge on any atom is -0.490 e. The summed E-state index contributed by atoms with van der Waals surface area (Å²) in [6, 6.07) is 15.3. The van der Waals surface area contributed by atoms with Gasteiger partial charge in [-0.1, -0.05) is 42.2 Å². The second-order valence-electron chi connectivity index (χ2n) is 6.72. The first-order valence-corrected chi connectivity index (χ1v) is 10.2. The molecule has 0 fully saturated rings. The summed E-state index contributed by atoms with van der Waals surface area (Å²) in [7, 11) is 0. The van der Waals surface area contributed by atoms with Crippen molar-refractivity contribution in [2.24, 2.45) is 0 Å². The predicted octanol–water partition coefficient (Wildman–Crippen LogP) is 3.36. The van der Waals surface area contributed by atoms with Crippen molar-refractivity contribution in [3.8, 4) is 22.9 Å². The lowest BCUT2D eigenvalue weighted by Crippen LogP contribution is -2.24. The highest BCUT2D eigenvalue weighted by atomic mass is 32.1. The first-order chi connectivity index (χ1) is 14.7. The van der Waals surface area contributed by atoms with Crippen molar-refractivity contribution in [2.45, 2.75) is 0 Å². The molecule has 0 N–H and O–H groups in total. The molecule has 0 bridgehead atoms. The minimum atomic E-state index is -0.181. The van der Waals surface area contributed by atoms with E-state index in [0.29, 0.717) is 28.5 Å². The summed E-state index contributed by atoms with van der Waals surface area (Å²) in [5.41, 5.74) is 2.58. The van der Waals surface area contributed by atoms with E-state index < -0.39 is 0 Å². The molecule has 0 saturated heterocycles. The maximum Gasteiger partial charge on any atom is 0.291 e. The van der Waals surface area contributed by atoms with Crippen molar-refractivity contribution in [1.82, 2.24) is 14.6 Å². The highest BCUT2D eigenvalue weighted by Gasteiger charge is 2.14. The van der Waals surface area contributed by atoms with Gasteiger partial charge in [-0.25, -0.2) is 0 Å². The Balaban J connectivity index is 1.46. The minimum absolute atomic E-state index is 0.181.